The summed E-state index contributed by atoms with van der Waals surface area (Å²) in [5, 5.41) is 3.56. The number of amides is 1. The van der Waals surface area contributed by atoms with Gasteiger partial charge in [0.25, 0.3) is 5.91 Å². The van der Waals surface area contributed by atoms with E-state index >= 15 is 0 Å². The molecule has 0 aliphatic rings. The summed E-state index contributed by atoms with van der Waals surface area (Å²) >= 11 is 3.25. The third kappa shape index (κ3) is 2.18. The van der Waals surface area contributed by atoms with Gasteiger partial charge in [0.05, 0.1) is 5.56 Å². The molecule has 0 aliphatic carbocycles. The minimum atomic E-state index is -0.0590. The lowest BCUT2D eigenvalue weighted by atomic mass is 10.1. The fraction of sp³-hybridized carbons (Fsp3) is 0.500. The lowest BCUT2D eigenvalue weighted by molar-refractivity contribution is 0.0954. The van der Waals surface area contributed by atoms with E-state index in [1.165, 1.54) is 0 Å². The number of furan rings is 1. The van der Waals surface area contributed by atoms with Crippen LogP contribution in [0.2, 0.25) is 0 Å². The van der Waals surface area contributed by atoms with Gasteiger partial charge in [-0.3, -0.25) is 4.79 Å². The Hall–Kier alpha value is -0.770. The summed E-state index contributed by atoms with van der Waals surface area (Å²) in [4.78, 5) is 11.7. The van der Waals surface area contributed by atoms with Crippen molar-refractivity contribution < 1.29 is 9.21 Å². The zero-order valence-electron chi connectivity index (χ0n) is 8.61. The van der Waals surface area contributed by atoms with Gasteiger partial charge in [-0.05, 0) is 20.8 Å². The molecule has 0 bridgehead atoms. The number of nitrogens with one attached hydrogen (secondary N) is 1. The summed E-state index contributed by atoms with van der Waals surface area (Å²) in [6.45, 7) is 6.20. The van der Waals surface area contributed by atoms with Gasteiger partial charge in [0.1, 0.15) is 11.5 Å². The van der Waals surface area contributed by atoms with Crippen LogP contribution in [-0.4, -0.2) is 17.8 Å². The summed E-state index contributed by atoms with van der Waals surface area (Å²) in [5.74, 6) is 1.44. The van der Waals surface area contributed by atoms with Crippen LogP contribution >= 0.6 is 15.9 Å². The van der Waals surface area contributed by atoms with Crippen molar-refractivity contribution in [3.8, 4) is 0 Å². The van der Waals surface area contributed by atoms with Crippen molar-refractivity contribution in [1.29, 1.82) is 0 Å². The summed E-state index contributed by atoms with van der Waals surface area (Å²) in [7, 11) is 0. The SMILES string of the molecule is Cc1oc(C)c(C(=O)NCCBr)c1C. The topological polar surface area (TPSA) is 42.2 Å². The molecule has 0 aromatic carbocycles. The van der Waals surface area contributed by atoms with Crippen LogP contribution in [0, 0.1) is 20.8 Å². The van der Waals surface area contributed by atoms with Crippen molar-refractivity contribution >= 4 is 21.8 Å². The number of alkyl halides is 1. The number of carbonyl (C=O) groups excluding carboxylic acids is 1. The van der Waals surface area contributed by atoms with E-state index in [1.807, 2.05) is 20.8 Å². The van der Waals surface area contributed by atoms with Gasteiger partial charge in [0.15, 0.2) is 0 Å². The van der Waals surface area contributed by atoms with Crippen LogP contribution in [0.25, 0.3) is 0 Å². The standard InChI is InChI=1S/C10H14BrNO2/c1-6-7(2)14-8(3)9(6)10(13)12-5-4-11/h4-5H2,1-3H3,(H,12,13). The Balaban J connectivity index is 2.89. The van der Waals surface area contributed by atoms with Crippen molar-refractivity contribution in [2.24, 2.45) is 0 Å². The van der Waals surface area contributed by atoms with Crippen LogP contribution in [0.3, 0.4) is 0 Å². The molecule has 0 atom stereocenters. The molecule has 14 heavy (non-hydrogen) atoms. The Morgan fingerprint density at radius 1 is 1.36 bits per heavy atom. The quantitative estimate of drug-likeness (QED) is 0.847. The fourth-order valence-electron chi connectivity index (χ4n) is 1.38. The second-order valence-electron chi connectivity index (χ2n) is 3.16. The van der Waals surface area contributed by atoms with Crippen LogP contribution in [0.5, 0.6) is 0 Å². The third-order valence-corrected chi connectivity index (χ3v) is 2.56. The van der Waals surface area contributed by atoms with Crippen molar-refractivity contribution in [3.63, 3.8) is 0 Å². The second-order valence-corrected chi connectivity index (χ2v) is 3.95. The van der Waals surface area contributed by atoms with Gasteiger partial charge in [0, 0.05) is 17.4 Å². The number of hydrogen-bond donors (Lipinski definition) is 1. The molecule has 0 aliphatic heterocycles. The molecule has 0 fully saturated rings. The third-order valence-electron chi connectivity index (χ3n) is 2.17. The van der Waals surface area contributed by atoms with Crippen LogP contribution in [0.4, 0.5) is 0 Å². The Morgan fingerprint density at radius 3 is 2.43 bits per heavy atom. The Kier molecular flexibility index (Phi) is 3.75. The fourth-order valence-corrected chi connectivity index (χ4v) is 1.57. The molecule has 0 radical (unpaired) electrons. The Labute approximate surface area is 92.0 Å². The van der Waals surface area contributed by atoms with Crippen molar-refractivity contribution in [3.05, 3.63) is 22.6 Å². The minimum absolute atomic E-state index is 0.0590. The largest absolute Gasteiger partial charge is 0.466 e. The molecule has 1 N–H and O–H groups in total. The first-order chi connectivity index (χ1) is 6.57. The minimum Gasteiger partial charge on any atom is -0.466 e. The first-order valence-corrected chi connectivity index (χ1v) is 5.60. The molecule has 1 aromatic heterocycles. The van der Waals surface area contributed by atoms with Crippen molar-refractivity contribution in [2.45, 2.75) is 20.8 Å². The number of halogens is 1. The molecule has 0 saturated carbocycles. The highest BCUT2D eigenvalue weighted by atomic mass is 79.9. The molecule has 1 aromatic rings. The summed E-state index contributed by atoms with van der Waals surface area (Å²) in [5.41, 5.74) is 1.60. The van der Waals surface area contributed by atoms with Gasteiger partial charge >= 0.3 is 0 Å². The van der Waals surface area contributed by atoms with Gasteiger partial charge < -0.3 is 9.73 Å². The predicted octanol–water partition coefficient (Wildman–Crippen LogP) is 2.33. The van der Waals surface area contributed by atoms with E-state index < -0.39 is 0 Å². The lowest BCUT2D eigenvalue weighted by Gasteiger charge is -2.02. The van der Waals surface area contributed by atoms with Crippen LogP contribution in [0.1, 0.15) is 27.4 Å². The van der Waals surface area contributed by atoms with Gasteiger partial charge in [-0.1, -0.05) is 15.9 Å². The number of hydrogen-bond acceptors (Lipinski definition) is 2. The highest BCUT2D eigenvalue weighted by Gasteiger charge is 2.17. The van der Waals surface area contributed by atoms with Crippen molar-refractivity contribution in [1.82, 2.24) is 5.32 Å². The molecule has 1 heterocycles. The van der Waals surface area contributed by atoms with E-state index in [-0.39, 0.29) is 5.91 Å². The van der Waals surface area contributed by atoms with E-state index in [1.54, 1.807) is 0 Å². The Morgan fingerprint density at radius 2 is 2.00 bits per heavy atom. The number of aryl methyl sites for hydroxylation is 2. The van der Waals surface area contributed by atoms with Gasteiger partial charge in [-0.25, -0.2) is 0 Å². The monoisotopic (exact) mass is 259 g/mol. The highest BCUT2D eigenvalue weighted by Crippen LogP contribution is 2.20. The normalized spacial score (nSPS) is 10.3. The lowest BCUT2D eigenvalue weighted by Crippen LogP contribution is -2.26. The Bertz CT molecular complexity index is 344. The number of carbonyl (C=O) groups is 1. The van der Waals surface area contributed by atoms with Crippen LogP contribution in [-0.2, 0) is 0 Å². The molecule has 1 amide bonds. The zero-order chi connectivity index (χ0) is 10.7. The maximum absolute atomic E-state index is 11.7. The molecule has 4 heteroatoms. The molecule has 3 nitrogen and oxygen atoms in total. The van der Waals surface area contributed by atoms with E-state index in [0.29, 0.717) is 17.9 Å². The average Bonchev–Trinajstić information content (AvgIpc) is 2.38. The van der Waals surface area contributed by atoms with Crippen molar-refractivity contribution in [2.75, 3.05) is 11.9 Å². The summed E-state index contributed by atoms with van der Waals surface area (Å²) < 4.78 is 5.37. The first-order valence-electron chi connectivity index (χ1n) is 4.48. The number of rotatable bonds is 3. The van der Waals surface area contributed by atoms with E-state index in [9.17, 15) is 4.79 Å². The molecule has 0 spiro atoms. The molecule has 0 unspecified atom stereocenters. The highest BCUT2D eigenvalue weighted by molar-refractivity contribution is 9.09. The van der Waals surface area contributed by atoms with Crippen LogP contribution < -0.4 is 5.32 Å². The molecular formula is C10H14BrNO2. The summed E-state index contributed by atoms with van der Waals surface area (Å²) in [6.07, 6.45) is 0. The van der Waals surface area contributed by atoms with Crippen LogP contribution in [0.15, 0.2) is 4.42 Å². The van der Waals surface area contributed by atoms with E-state index in [4.69, 9.17) is 4.42 Å². The molecule has 1 rings (SSSR count). The van der Waals surface area contributed by atoms with Gasteiger partial charge in [-0.2, -0.15) is 0 Å². The second kappa shape index (κ2) is 4.64. The molecule has 78 valence electrons. The van der Waals surface area contributed by atoms with Gasteiger partial charge in [0.2, 0.25) is 0 Å². The maximum Gasteiger partial charge on any atom is 0.255 e. The summed E-state index contributed by atoms with van der Waals surface area (Å²) in [6, 6.07) is 0. The average molecular weight is 260 g/mol. The van der Waals surface area contributed by atoms with Gasteiger partial charge in [-0.15, -0.1) is 0 Å². The zero-order valence-corrected chi connectivity index (χ0v) is 10.2. The maximum atomic E-state index is 11.7. The van der Waals surface area contributed by atoms with E-state index in [2.05, 4.69) is 21.2 Å². The molecule has 0 saturated heterocycles. The molecular weight excluding hydrogens is 246 g/mol. The predicted molar refractivity (Wildman–Crippen MR) is 59.0 cm³/mol. The first kappa shape index (κ1) is 11.3. The smallest absolute Gasteiger partial charge is 0.255 e. The van der Waals surface area contributed by atoms with E-state index in [0.717, 1.165) is 16.7 Å².